The van der Waals surface area contributed by atoms with Gasteiger partial charge in [0.1, 0.15) is 4.88 Å². The van der Waals surface area contributed by atoms with Crippen LogP contribution in [0.15, 0.2) is 29.8 Å². The van der Waals surface area contributed by atoms with E-state index in [4.69, 9.17) is 4.74 Å². The Morgan fingerprint density at radius 2 is 2.16 bits per heavy atom. The van der Waals surface area contributed by atoms with E-state index in [9.17, 15) is 18.0 Å². The summed E-state index contributed by atoms with van der Waals surface area (Å²) in [5.74, 6) is -0.327. The highest BCUT2D eigenvalue weighted by atomic mass is 32.1. The molecule has 8 heteroatoms. The second-order valence-corrected chi connectivity index (χ2v) is 6.88. The summed E-state index contributed by atoms with van der Waals surface area (Å²) in [6, 6.07) is 5.19. The summed E-state index contributed by atoms with van der Waals surface area (Å²) in [6.45, 7) is 0.211. The first-order chi connectivity index (χ1) is 11.9. The van der Waals surface area contributed by atoms with Crippen LogP contribution >= 0.6 is 11.3 Å². The molecule has 134 valence electrons. The van der Waals surface area contributed by atoms with Gasteiger partial charge in [0.2, 0.25) is 0 Å². The Morgan fingerprint density at radius 3 is 2.76 bits per heavy atom. The van der Waals surface area contributed by atoms with E-state index in [-0.39, 0.29) is 12.5 Å². The zero-order chi connectivity index (χ0) is 18.1. The minimum absolute atomic E-state index is 0.211. The van der Waals surface area contributed by atoms with Crippen molar-refractivity contribution in [2.75, 3.05) is 7.11 Å². The van der Waals surface area contributed by atoms with Crippen LogP contribution in [0.3, 0.4) is 0 Å². The van der Waals surface area contributed by atoms with Crippen LogP contribution < -0.4 is 5.32 Å². The number of methoxy groups -OCH3 is 1. The molecular weight excluding hydrogens is 353 g/mol. The fourth-order valence-electron chi connectivity index (χ4n) is 2.98. The van der Waals surface area contributed by atoms with Crippen LogP contribution in [0.4, 0.5) is 13.2 Å². The summed E-state index contributed by atoms with van der Waals surface area (Å²) in [5, 5.41) is 2.93. The molecule has 1 aliphatic carbocycles. The molecule has 2 aromatic rings. The van der Waals surface area contributed by atoms with Crippen LogP contribution in [0.25, 0.3) is 0 Å². The van der Waals surface area contributed by atoms with E-state index in [1.807, 2.05) is 0 Å². The van der Waals surface area contributed by atoms with E-state index in [1.54, 1.807) is 11.6 Å². The van der Waals surface area contributed by atoms with Crippen LogP contribution in [0.5, 0.6) is 0 Å². The maximum absolute atomic E-state index is 13.0. The summed E-state index contributed by atoms with van der Waals surface area (Å²) in [7, 11) is 1.51. The lowest BCUT2D eigenvalue weighted by atomic mass is 9.71. The summed E-state index contributed by atoms with van der Waals surface area (Å²) < 4.78 is 44.0. The fourth-order valence-corrected chi connectivity index (χ4v) is 3.67. The summed E-state index contributed by atoms with van der Waals surface area (Å²) >= 11 is 1.19. The van der Waals surface area contributed by atoms with Crippen molar-refractivity contribution in [2.24, 2.45) is 0 Å². The highest BCUT2D eigenvalue weighted by Crippen LogP contribution is 2.43. The molecule has 1 aliphatic rings. The van der Waals surface area contributed by atoms with Crippen molar-refractivity contribution >= 4 is 17.2 Å². The third-order valence-electron chi connectivity index (χ3n) is 4.43. The molecule has 3 rings (SSSR count). The molecule has 0 unspecified atom stereocenters. The van der Waals surface area contributed by atoms with Crippen molar-refractivity contribution in [1.82, 2.24) is 10.3 Å². The van der Waals surface area contributed by atoms with Gasteiger partial charge in [-0.15, -0.1) is 11.3 Å². The summed E-state index contributed by atoms with van der Waals surface area (Å²) in [6.07, 6.45) is -2.34. The largest absolute Gasteiger partial charge is 0.416 e. The number of halogens is 3. The Morgan fingerprint density at radius 1 is 1.40 bits per heavy atom. The van der Waals surface area contributed by atoms with Gasteiger partial charge in [-0.25, -0.2) is 4.98 Å². The number of rotatable bonds is 5. The van der Waals surface area contributed by atoms with Gasteiger partial charge < -0.3 is 10.1 Å². The molecule has 25 heavy (non-hydrogen) atoms. The molecule has 1 amide bonds. The Labute approximate surface area is 147 Å². The minimum Gasteiger partial charge on any atom is -0.378 e. The van der Waals surface area contributed by atoms with Crippen molar-refractivity contribution in [1.29, 1.82) is 0 Å². The number of alkyl halides is 3. The van der Waals surface area contributed by atoms with Crippen LogP contribution in [0.2, 0.25) is 0 Å². The predicted molar refractivity (Wildman–Crippen MR) is 87.3 cm³/mol. The van der Waals surface area contributed by atoms with Crippen molar-refractivity contribution in [3.05, 3.63) is 51.5 Å². The molecule has 1 N–H and O–H groups in total. The van der Waals surface area contributed by atoms with Crippen LogP contribution in [-0.4, -0.2) is 18.0 Å². The molecule has 0 spiro atoms. The van der Waals surface area contributed by atoms with E-state index >= 15 is 0 Å². The minimum atomic E-state index is -4.41. The SMILES string of the molecule is COCc1ncsc1C(=O)NC1(c2cccc(C(F)(F)F)c2)CCC1. The number of hydrogen-bond donors (Lipinski definition) is 1. The molecule has 0 radical (unpaired) electrons. The summed E-state index contributed by atoms with van der Waals surface area (Å²) in [4.78, 5) is 17.2. The molecule has 1 heterocycles. The van der Waals surface area contributed by atoms with Crippen LogP contribution in [0, 0.1) is 0 Å². The molecule has 1 aromatic carbocycles. The van der Waals surface area contributed by atoms with Gasteiger partial charge in [-0.2, -0.15) is 13.2 Å². The molecule has 0 saturated heterocycles. The first-order valence-corrected chi connectivity index (χ1v) is 8.65. The van der Waals surface area contributed by atoms with Gasteiger partial charge in [0.15, 0.2) is 0 Å². The second kappa shape index (κ2) is 6.76. The number of amides is 1. The number of ether oxygens (including phenoxy) is 1. The maximum atomic E-state index is 13.0. The van der Waals surface area contributed by atoms with Gasteiger partial charge in [0.05, 0.1) is 28.9 Å². The van der Waals surface area contributed by atoms with Crippen molar-refractivity contribution in [3.63, 3.8) is 0 Å². The van der Waals surface area contributed by atoms with Crippen LogP contribution in [-0.2, 0) is 23.1 Å². The molecular formula is C17H17F3N2O2S. The monoisotopic (exact) mass is 370 g/mol. The zero-order valence-electron chi connectivity index (χ0n) is 13.5. The number of thiazole rings is 1. The standard InChI is InChI=1S/C17H17F3N2O2S/c1-24-9-13-14(25-10-21-13)15(23)22-16(6-3-7-16)11-4-2-5-12(8-11)17(18,19)20/h2,4-5,8,10H,3,6-7,9H2,1H3,(H,22,23). The third kappa shape index (κ3) is 3.55. The molecule has 0 aliphatic heterocycles. The zero-order valence-corrected chi connectivity index (χ0v) is 14.3. The predicted octanol–water partition coefficient (Wildman–Crippen LogP) is 4.12. The number of carbonyl (C=O) groups excluding carboxylic acids is 1. The van der Waals surface area contributed by atoms with Crippen molar-refractivity contribution < 1.29 is 22.7 Å². The van der Waals surface area contributed by atoms with Crippen molar-refractivity contribution in [2.45, 2.75) is 37.6 Å². The summed E-state index contributed by atoms with van der Waals surface area (Å²) in [5.41, 5.74) is 1.11. The quantitative estimate of drug-likeness (QED) is 0.861. The van der Waals surface area contributed by atoms with E-state index in [1.165, 1.54) is 24.5 Å². The van der Waals surface area contributed by atoms with Gasteiger partial charge in [-0.05, 0) is 37.0 Å². The maximum Gasteiger partial charge on any atom is 0.416 e. The molecule has 0 bridgehead atoms. The van der Waals surface area contributed by atoms with E-state index < -0.39 is 17.3 Å². The molecule has 0 atom stereocenters. The van der Waals surface area contributed by atoms with E-state index in [0.717, 1.165) is 18.6 Å². The lowest BCUT2D eigenvalue weighted by Gasteiger charge is -2.43. The number of aromatic nitrogens is 1. The molecule has 1 saturated carbocycles. The normalized spacial score (nSPS) is 16.3. The second-order valence-electron chi connectivity index (χ2n) is 6.03. The highest BCUT2D eigenvalue weighted by molar-refractivity contribution is 7.11. The van der Waals surface area contributed by atoms with Crippen LogP contribution in [0.1, 0.15) is 45.8 Å². The lowest BCUT2D eigenvalue weighted by molar-refractivity contribution is -0.137. The number of benzene rings is 1. The third-order valence-corrected chi connectivity index (χ3v) is 5.30. The topological polar surface area (TPSA) is 51.2 Å². The first kappa shape index (κ1) is 17.9. The molecule has 1 fully saturated rings. The number of nitrogens with zero attached hydrogens (tertiary/aromatic N) is 1. The number of nitrogens with one attached hydrogen (secondary N) is 1. The van der Waals surface area contributed by atoms with Gasteiger partial charge in [-0.1, -0.05) is 12.1 Å². The number of carbonyl (C=O) groups is 1. The average molecular weight is 370 g/mol. The highest BCUT2D eigenvalue weighted by Gasteiger charge is 2.42. The molecule has 4 nitrogen and oxygen atoms in total. The van der Waals surface area contributed by atoms with Gasteiger partial charge in [-0.3, -0.25) is 4.79 Å². The Kier molecular flexibility index (Phi) is 4.83. The fraction of sp³-hybridized carbons (Fsp3) is 0.412. The van der Waals surface area contributed by atoms with E-state index in [0.29, 0.717) is 29.0 Å². The van der Waals surface area contributed by atoms with E-state index in [2.05, 4.69) is 10.3 Å². The number of hydrogen-bond acceptors (Lipinski definition) is 4. The molecule has 1 aromatic heterocycles. The Hall–Kier alpha value is -1.93. The smallest absolute Gasteiger partial charge is 0.378 e. The average Bonchev–Trinajstić information content (AvgIpc) is 2.99. The Bertz CT molecular complexity index is 769. The Balaban J connectivity index is 1.87. The lowest BCUT2D eigenvalue weighted by Crippen LogP contribution is -2.50. The van der Waals surface area contributed by atoms with Gasteiger partial charge >= 0.3 is 6.18 Å². The first-order valence-electron chi connectivity index (χ1n) is 7.77. The van der Waals surface area contributed by atoms with Gasteiger partial charge in [0.25, 0.3) is 5.91 Å². The van der Waals surface area contributed by atoms with Gasteiger partial charge in [0, 0.05) is 7.11 Å². The van der Waals surface area contributed by atoms with Crippen molar-refractivity contribution in [3.8, 4) is 0 Å².